The molecule has 0 fully saturated rings. The summed E-state index contributed by atoms with van der Waals surface area (Å²) in [5.74, 6) is -1.17. The maximum Gasteiger partial charge on any atom is 0.273 e. The van der Waals surface area contributed by atoms with Crippen LogP contribution in [0.1, 0.15) is 45.7 Å². The summed E-state index contributed by atoms with van der Waals surface area (Å²) in [6.07, 6.45) is 0.486. The topological polar surface area (TPSA) is 72.3 Å². The number of carbonyl (C=O) groups excluding carboxylic acids is 1. The zero-order valence-corrected chi connectivity index (χ0v) is 19.6. The van der Waals surface area contributed by atoms with E-state index in [-0.39, 0.29) is 29.9 Å². The second-order valence-electron chi connectivity index (χ2n) is 8.15. The molecule has 0 bridgehead atoms. The van der Waals surface area contributed by atoms with Crippen molar-refractivity contribution in [2.75, 3.05) is 14.2 Å². The van der Waals surface area contributed by atoms with Gasteiger partial charge in [-0.05, 0) is 47.9 Å². The van der Waals surface area contributed by atoms with E-state index in [9.17, 15) is 13.6 Å². The molecule has 3 aromatic rings. The van der Waals surface area contributed by atoms with Crippen molar-refractivity contribution in [2.24, 2.45) is 10.3 Å². The molecule has 0 saturated heterocycles. The Labute approximate surface area is 202 Å². The summed E-state index contributed by atoms with van der Waals surface area (Å²) in [5.41, 5.74) is 5.38. The lowest BCUT2D eigenvalue weighted by atomic mass is 9.93. The molecule has 1 aliphatic rings. The van der Waals surface area contributed by atoms with Crippen molar-refractivity contribution in [2.45, 2.75) is 25.9 Å². The number of fused-ring (bicyclic) bond motifs is 1. The van der Waals surface area contributed by atoms with Crippen molar-refractivity contribution in [1.82, 2.24) is 5.32 Å². The fourth-order valence-electron chi connectivity index (χ4n) is 4.29. The molecule has 0 spiro atoms. The van der Waals surface area contributed by atoms with E-state index >= 15 is 0 Å². The molecule has 1 atom stereocenters. The molecular weight excluding hydrogens is 452 g/mol. The lowest BCUT2D eigenvalue weighted by Gasteiger charge is -2.13. The number of aryl methyl sites for hydroxylation is 1. The molecule has 0 heterocycles. The minimum atomic E-state index is -0.396. The third-order valence-corrected chi connectivity index (χ3v) is 6.05. The highest BCUT2D eigenvalue weighted by molar-refractivity contribution is 6.45. The highest BCUT2D eigenvalue weighted by Crippen LogP contribution is 2.39. The lowest BCUT2D eigenvalue weighted by Crippen LogP contribution is -2.29. The van der Waals surface area contributed by atoms with Crippen LogP contribution in [-0.4, -0.2) is 31.5 Å². The maximum atomic E-state index is 14.1. The normalized spacial score (nSPS) is 16.2. The molecular formula is C27H25F2N3O3. The van der Waals surface area contributed by atoms with Crippen LogP contribution in [0.3, 0.4) is 0 Å². The van der Waals surface area contributed by atoms with Crippen molar-refractivity contribution in [1.29, 1.82) is 0 Å². The Bertz CT molecular complexity index is 1300. The fourth-order valence-corrected chi connectivity index (χ4v) is 4.29. The summed E-state index contributed by atoms with van der Waals surface area (Å²) in [5, 5.41) is 10.8. The van der Waals surface area contributed by atoms with Crippen LogP contribution in [-0.2, 0) is 21.1 Å². The van der Waals surface area contributed by atoms with E-state index < -0.39 is 5.91 Å². The van der Waals surface area contributed by atoms with Crippen molar-refractivity contribution >= 4 is 17.3 Å². The van der Waals surface area contributed by atoms with Crippen molar-refractivity contribution in [3.8, 4) is 0 Å². The van der Waals surface area contributed by atoms with Crippen molar-refractivity contribution in [3.05, 3.63) is 106 Å². The quantitative estimate of drug-likeness (QED) is 0.392. The van der Waals surface area contributed by atoms with Gasteiger partial charge in [-0.1, -0.05) is 46.7 Å². The van der Waals surface area contributed by atoms with Crippen LogP contribution < -0.4 is 5.32 Å². The molecule has 0 aromatic heterocycles. The number of nitrogens with zero attached hydrogens (tertiary/aromatic N) is 2. The van der Waals surface area contributed by atoms with Gasteiger partial charge in [0.15, 0.2) is 5.71 Å². The minimum Gasteiger partial charge on any atom is -0.398 e. The average Bonchev–Trinajstić information content (AvgIpc) is 3.21. The van der Waals surface area contributed by atoms with Crippen LogP contribution in [0, 0.1) is 18.6 Å². The highest BCUT2D eigenvalue weighted by atomic mass is 19.1. The third kappa shape index (κ3) is 5.06. The first-order chi connectivity index (χ1) is 16.9. The number of rotatable bonds is 7. The summed E-state index contributed by atoms with van der Waals surface area (Å²) in [4.78, 5) is 23.0. The SMILES string of the molecule is CNC(=O)/C(=N/OC)c1cccc(C)c1CO/N=C1\CC(c2ccc(F)cc2)c2ccc(F)cc21. The molecule has 35 heavy (non-hydrogen) atoms. The van der Waals surface area contributed by atoms with Crippen LogP contribution in [0.2, 0.25) is 0 Å². The Morgan fingerprint density at radius 2 is 1.83 bits per heavy atom. The van der Waals surface area contributed by atoms with E-state index in [0.29, 0.717) is 23.3 Å². The van der Waals surface area contributed by atoms with Crippen LogP contribution >= 0.6 is 0 Å². The van der Waals surface area contributed by atoms with Gasteiger partial charge in [-0.15, -0.1) is 0 Å². The van der Waals surface area contributed by atoms with Gasteiger partial charge in [0.1, 0.15) is 25.4 Å². The van der Waals surface area contributed by atoms with Gasteiger partial charge in [0.25, 0.3) is 5.91 Å². The van der Waals surface area contributed by atoms with Gasteiger partial charge in [-0.25, -0.2) is 8.78 Å². The van der Waals surface area contributed by atoms with E-state index in [0.717, 1.165) is 22.3 Å². The number of hydrogen-bond donors (Lipinski definition) is 1. The second-order valence-corrected chi connectivity index (χ2v) is 8.15. The molecule has 1 N–H and O–H groups in total. The van der Waals surface area contributed by atoms with E-state index in [1.54, 1.807) is 24.3 Å². The van der Waals surface area contributed by atoms with Crippen LogP contribution in [0.4, 0.5) is 8.78 Å². The van der Waals surface area contributed by atoms with Gasteiger partial charge in [0.2, 0.25) is 0 Å². The van der Waals surface area contributed by atoms with Gasteiger partial charge in [-0.2, -0.15) is 0 Å². The highest BCUT2D eigenvalue weighted by Gasteiger charge is 2.30. The lowest BCUT2D eigenvalue weighted by molar-refractivity contribution is -0.114. The first-order valence-corrected chi connectivity index (χ1v) is 11.1. The third-order valence-electron chi connectivity index (χ3n) is 6.05. The summed E-state index contributed by atoms with van der Waals surface area (Å²) in [6, 6.07) is 16.3. The first kappa shape index (κ1) is 24.1. The summed E-state index contributed by atoms with van der Waals surface area (Å²) in [6.45, 7) is 1.96. The van der Waals surface area contributed by atoms with Crippen molar-refractivity contribution < 1.29 is 23.3 Å². The maximum absolute atomic E-state index is 14.1. The molecule has 180 valence electrons. The van der Waals surface area contributed by atoms with E-state index in [1.807, 2.05) is 19.1 Å². The van der Waals surface area contributed by atoms with Crippen LogP contribution in [0.25, 0.3) is 0 Å². The second kappa shape index (κ2) is 10.5. The molecule has 1 amide bonds. The van der Waals surface area contributed by atoms with Crippen LogP contribution in [0.15, 0.2) is 71.0 Å². The van der Waals surface area contributed by atoms with Crippen molar-refractivity contribution in [3.63, 3.8) is 0 Å². The summed E-state index contributed by atoms with van der Waals surface area (Å²) in [7, 11) is 2.88. The Hall–Kier alpha value is -4.07. The molecule has 1 aliphatic carbocycles. The molecule has 3 aromatic carbocycles. The van der Waals surface area contributed by atoms with Gasteiger partial charge in [0, 0.05) is 36.1 Å². The van der Waals surface area contributed by atoms with Gasteiger partial charge in [0.05, 0.1) is 5.71 Å². The van der Waals surface area contributed by atoms with E-state index in [1.165, 1.54) is 38.4 Å². The molecule has 6 nitrogen and oxygen atoms in total. The van der Waals surface area contributed by atoms with E-state index in [2.05, 4.69) is 15.6 Å². The van der Waals surface area contributed by atoms with E-state index in [4.69, 9.17) is 9.68 Å². The minimum absolute atomic E-state index is 0.0666. The average molecular weight is 478 g/mol. The smallest absolute Gasteiger partial charge is 0.273 e. The number of likely N-dealkylation sites (N-methyl/N-ethyl adjacent to an activating group) is 1. The number of nitrogens with one attached hydrogen (secondary N) is 1. The number of carbonyl (C=O) groups is 1. The Morgan fingerprint density at radius 3 is 2.54 bits per heavy atom. The standard InChI is InChI=1S/C27H25F2N3O3/c1-16-5-4-6-21(26(32-34-3)27(33)30-2)24(16)15-35-31-25-14-22(17-7-9-18(28)10-8-17)20-12-11-19(29)13-23(20)25/h4-13,22H,14-15H2,1-3H3,(H,30,33)/b31-25+,32-26+. The Balaban J connectivity index is 1.63. The summed E-state index contributed by atoms with van der Waals surface area (Å²) < 4.78 is 27.5. The first-order valence-electron chi connectivity index (χ1n) is 11.1. The number of halogens is 2. The number of benzene rings is 3. The Kier molecular flexibility index (Phi) is 7.19. The van der Waals surface area contributed by atoms with Gasteiger partial charge < -0.3 is 15.0 Å². The molecule has 0 radical (unpaired) electrons. The number of hydrogen-bond acceptors (Lipinski definition) is 5. The zero-order chi connectivity index (χ0) is 24.9. The summed E-state index contributed by atoms with van der Waals surface area (Å²) >= 11 is 0. The fraction of sp³-hybridized carbons (Fsp3) is 0.222. The predicted octanol–water partition coefficient (Wildman–Crippen LogP) is 4.83. The molecule has 0 saturated carbocycles. The molecule has 0 aliphatic heterocycles. The number of oxime groups is 2. The molecule has 8 heteroatoms. The largest absolute Gasteiger partial charge is 0.398 e. The van der Waals surface area contributed by atoms with Gasteiger partial charge >= 0.3 is 0 Å². The van der Waals surface area contributed by atoms with Crippen LogP contribution in [0.5, 0.6) is 0 Å². The predicted molar refractivity (Wildman–Crippen MR) is 129 cm³/mol. The molecule has 4 rings (SSSR count). The monoisotopic (exact) mass is 477 g/mol. The molecule has 1 unspecified atom stereocenters. The van der Waals surface area contributed by atoms with Gasteiger partial charge in [-0.3, -0.25) is 4.79 Å². The zero-order valence-electron chi connectivity index (χ0n) is 19.6. The Morgan fingerprint density at radius 1 is 1.09 bits per heavy atom. The number of amides is 1.